The van der Waals surface area contributed by atoms with Gasteiger partial charge in [-0.05, 0) is 68.1 Å². The Morgan fingerprint density at radius 3 is 2.62 bits per heavy atom. The number of hydrogen-bond donors (Lipinski definition) is 2. The van der Waals surface area contributed by atoms with Gasteiger partial charge in [0, 0.05) is 34.1 Å². The second-order valence-electron chi connectivity index (χ2n) is 9.62. The predicted molar refractivity (Wildman–Crippen MR) is 132 cm³/mol. The van der Waals surface area contributed by atoms with Gasteiger partial charge in [0.25, 0.3) is 0 Å². The van der Waals surface area contributed by atoms with Crippen LogP contribution in [0.1, 0.15) is 50.3 Å². The van der Waals surface area contributed by atoms with Crippen LogP contribution in [0.4, 0.5) is 10.2 Å². The summed E-state index contributed by atoms with van der Waals surface area (Å²) in [5.74, 6) is 1.10. The van der Waals surface area contributed by atoms with Crippen LogP contribution in [0.15, 0.2) is 36.8 Å². The van der Waals surface area contributed by atoms with Crippen molar-refractivity contribution in [3.05, 3.63) is 58.2 Å². The quantitative estimate of drug-likeness (QED) is 0.367. The first-order valence-electron chi connectivity index (χ1n) is 11.3. The molecule has 4 N–H and O–H groups in total. The van der Waals surface area contributed by atoms with E-state index in [0.29, 0.717) is 34.2 Å². The molecule has 6 nitrogen and oxygen atoms in total. The summed E-state index contributed by atoms with van der Waals surface area (Å²) in [6.45, 7) is 1.73. The van der Waals surface area contributed by atoms with Crippen molar-refractivity contribution in [1.82, 2.24) is 14.8 Å². The summed E-state index contributed by atoms with van der Waals surface area (Å²) >= 11 is 12.4. The van der Waals surface area contributed by atoms with Crippen molar-refractivity contribution in [2.24, 2.45) is 17.6 Å². The SMILES string of the molecule is [B]C1(N)CC2CC(n3cc(-c4cnc(N)c(OC(C)c5c(Cl)ccc(F)c5Cl)c4)cn3)CC2C1. The van der Waals surface area contributed by atoms with Gasteiger partial charge in [0.15, 0.2) is 11.6 Å². The number of nitrogen functional groups attached to an aromatic ring is 1. The number of nitrogens with two attached hydrogens (primary N) is 2. The lowest BCUT2D eigenvalue weighted by Crippen LogP contribution is -2.37. The van der Waals surface area contributed by atoms with Gasteiger partial charge in [0.05, 0.1) is 25.1 Å². The summed E-state index contributed by atoms with van der Waals surface area (Å²) in [6, 6.07) is 4.79. The third-order valence-electron chi connectivity index (χ3n) is 7.08. The molecule has 2 fully saturated rings. The number of hydrogen-bond acceptors (Lipinski definition) is 5. The number of pyridine rings is 1. The highest BCUT2D eigenvalue weighted by Gasteiger charge is 2.45. The van der Waals surface area contributed by atoms with E-state index in [0.717, 1.165) is 36.8 Å². The molecule has 1 aromatic carbocycles. The van der Waals surface area contributed by atoms with Crippen LogP contribution >= 0.6 is 23.2 Å². The molecule has 3 aromatic rings. The molecule has 0 saturated heterocycles. The maximum absolute atomic E-state index is 14.0. The zero-order valence-corrected chi connectivity index (χ0v) is 20.2. The molecule has 2 radical (unpaired) electrons. The Bertz CT molecular complexity index is 1220. The number of anilines is 1. The van der Waals surface area contributed by atoms with E-state index in [-0.39, 0.29) is 10.8 Å². The Morgan fingerprint density at radius 2 is 1.91 bits per heavy atom. The number of nitrogens with zero attached hydrogens (tertiary/aromatic N) is 3. The van der Waals surface area contributed by atoms with E-state index in [1.807, 2.05) is 17.1 Å². The summed E-state index contributed by atoms with van der Waals surface area (Å²) in [6.07, 6.45) is 8.65. The van der Waals surface area contributed by atoms with E-state index in [1.54, 1.807) is 19.2 Å². The topological polar surface area (TPSA) is 92.0 Å². The van der Waals surface area contributed by atoms with Gasteiger partial charge >= 0.3 is 0 Å². The van der Waals surface area contributed by atoms with E-state index < -0.39 is 17.4 Å². The molecule has 0 spiro atoms. The highest BCUT2D eigenvalue weighted by atomic mass is 35.5. The first-order valence-corrected chi connectivity index (χ1v) is 12.0. The monoisotopic (exact) mass is 499 g/mol. The summed E-state index contributed by atoms with van der Waals surface area (Å²) in [5.41, 5.74) is 13.7. The smallest absolute Gasteiger partial charge is 0.166 e. The van der Waals surface area contributed by atoms with Crippen molar-refractivity contribution in [3.8, 4) is 16.9 Å². The molecule has 2 aliphatic rings. The molecule has 0 aliphatic heterocycles. The molecule has 10 heteroatoms. The van der Waals surface area contributed by atoms with Crippen molar-refractivity contribution in [2.45, 2.75) is 50.2 Å². The number of aromatic nitrogens is 3. The lowest BCUT2D eigenvalue weighted by molar-refractivity contribution is 0.227. The predicted octanol–water partition coefficient (Wildman–Crippen LogP) is 5.30. The van der Waals surface area contributed by atoms with Crippen LogP contribution in [0.3, 0.4) is 0 Å². The first-order chi connectivity index (χ1) is 16.1. The van der Waals surface area contributed by atoms with E-state index in [2.05, 4.69) is 10.1 Å². The lowest BCUT2D eigenvalue weighted by atomic mass is 9.75. The van der Waals surface area contributed by atoms with E-state index >= 15 is 0 Å². The molecular formula is C24H25BCl2FN5O. The third-order valence-corrected chi connectivity index (χ3v) is 7.79. The Hall–Kier alpha value is -2.29. The fourth-order valence-corrected chi connectivity index (χ4v) is 6.19. The minimum Gasteiger partial charge on any atom is -0.482 e. The van der Waals surface area contributed by atoms with Crippen LogP contribution in [0.5, 0.6) is 5.75 Å². The number of rotatable bonds is 5. The average molecular weight is 500 g/mol. The van der Waals surface area contributed by atoms with Crippen molar-refractivity contribution >= 4 is 36.9 Å². The molecule has 5 rings (SSSR count). The molecule has 0 amide bonds. The summed E-state index contributed by atoms with van der Waals surface area (Å²) in [4.78, 5) is 4.28. The standard InChI is InChI=1S/C24H25BCl2FN5O/c1-12(21-18(26)2-3-19(28)22(21)27)34-20-6-15(9-31-23(20)29)16-10-32-33(11-16)17-4-13-7-24(25,30)8-14(13)5-17/h2-3,6,9-14,17H,4-5,7-8,30H2,1H3,(H2,29,31). The zero-order valence-electron chi connectivity index (χ0n) is 18.7. The van der Waals surface area contributed by atoms with Crippen molar-refractivity contribution in [3.63, 3.8) is 0 Å². The lowest BCUT2D eigenvalue weighted by Gasteiger charge is -2.21. The van der Waals surface area contributed by atoms with Gasteiger partial charge in [0.2, 0.25) is 0 Å². The fourth-order valence-electron chi connectivity index (χ4n) is 5.51. The summed E-state index contributed by atoms with van der Waals surface area (Å²) in [5, 5.41) is 4.84. The Labute approximate surface area is 209 Å². The van der Waals surface area contributed by atoms with Crippen molar-refractivity contribution in [1.29, 1.82) is 0 Å². The molecule has 2 heterocycles. The van der Waals surface area contributed by atoms with Crippen LogP contribution < -0.4 is 16.2 Å². The van der Waals surface area contributed by atoms with Crippen LogP contribution in [-0.4, -0.2) is 28.0 Å². The van der Waals surface area contributed by atoms with Crippen LogP contribution in [0.2, 0.25) is 10.0 Å². The van der Waals surface area contributed by atoms with Crippen LogP contribution in [0, 0.1) is 17.7 Å². The van der Waals surface area contributed by atoms with Gasteiger partial charge in [-0.3, -0.25) is 4.68 Å². The largest absolute Gasteiger partial charge is 0.482 e. The Kier molecular flexibility index (Phi) is 6.03. The maximum Gasteiger partial charge on any atom is 0.166 e. The highest BCUT2D eigenvalue weighted by molar-refractivity contribution is 6.36. The molecule has 3 atom stereocenters. The summed E-state index contributed by atoms with van der Waals surface area (Å²) < 4.78 is 22.0. The van der Waals surface area contributed by atoms with E-state index in [9.17, 15) is 4.39 Å². The number of halogens is 3. The molecular weight excluding hydrogens is 475 g/mol. The average Bonchev–Trinajstić information content (AvgIpc) is 3.45. The zero-order chi connectivity index (χ0) is 24.2. The minimum atomic E-state index is -0.645. The van der Waals surface area contributed by atoms with E-state index in [4.69, 9.17) is 47.3 Å². The van der Waals surface area contributed by atoms with Gasteiger partial charge in [0.1, 0.15) is 11.9 Å². The Morgan fingerprint density at radius 1 is 1.21 bits per heavy atom. The summed E-state index contributed by atoms with van der Waals surface area (Å²) in [7, 11) is 6.15. The molecule has 2 saturated carbocycles. The second-order valence-corrected chi connectivity index (χ2v) is 10.4. The second kappa shape index (κ2) is 8.74. The number of ether oxygens (including phenoxy) is 1. The van der Waals surface area contributed by atoms with Crippen LogP contribution in [0.25, 0.3) is 11.1 Å². The van der Waals surface area contributed by atoms with Gasteiger partial charge in [-0.2, -0.15) is 5.10 Å². The maximum atomic E-state index is 14.0. The van der Waals surface area contributed by atoms with Gasteiger partial charge < -0.3 is 16.2 Å². The first kappa shape index (κ1) is 23.5. The molecule has 176 valence electrons. The normalized spacial score (nSPS) is 27.0. The fraction of sp³-hybridized carbons (Fsp3) is 0.417. The molecule has 2 aromatic heterocycles. The van der Waals surface area contributed by atoms with Crippen molar-refractivity contribution in [2.75, 3.05) is 5.73 Å². The molecule has 34 heavy (non-hydrogen) atoms. The van der Waals surface area contributed by atoms with E-state index in [1.165, 1.54) is 12.1 Å². The third kappa shape index (κ3) is 4.39. The van der Waals surface area contributed by atoms with Gasteiger partial charge in [-0.1, -0.05) is 23.2 Å². The minimum absolute atomic E-state index is 0.0770. The van der Waals surface area contributed by atoms with Crippen LogP contribution in [-0.2, 0) is 0 Å². The molecule has 0 bridgehead atoms. The van der Waals surface area contributed by atoms with Gasteiger partial charge in [-0.15, -0.1) is 0 Å². The number of fused-ring (bicyclic) bond motifs is 1. The highest BCUT2D eigenvalue weighted by Crippen LogP contribution is 2.50. The number of benzene rings is 1. The Balaban J connectivity index is 1.34. The molecule has 2 aliphatic carbocycles. The van der Waals surface area contributed by atoms with Gasteiger partial charge in [-0.25, -0.2) is 9.37 Å². The van der Waals surface area contributed by atoms with Crippen molar-refractivity contribution < 1.29 is 9.13 Å². The molecule has 3 unspecified atom stereocenters.